The summed E-state index contributed by atoms with van der Waals surface area (Å²) in [7, 11) is 0. The van der Waals surface area contributed by atoms with Crippen molar-refractivity contribution in [3.8, 4) is 0 Å². The van der Waals surface area contributed by atoms with E-state index in [1.54, 1.807) is 0 Å². The molecule has 0 rings (SSSR count). The molecule has 0 aliphatic rings. The van der Waals surface area contributed by atoms with Gasteiger partial charge in [0.1, 0.15) is 0 Å². The molecule has 14 heavy (non-hydrogen) atoms. The first-order valence-corrected chi connectivity index (χ1v) is 6.19. The highest BCUT2D eigenvalue weighted by Crippen LogP contribution is 2.33. The third-order valence-electron chi connectivity index (χ3n) is 3.23. The van der Waals surface area contributed by atoms with Gasteiger partial charge in [-0.05, 0) is 30.6 Å². The molecule has 0 aromatic rings. The molecular formula is C13H29N. The Balaban J connectivity index is 4.21. The molecule has 0 unspecified atom stereocenters. The van der Waals surface area contributed by atoms with Crippen molar-refractivity contribution in [1.82, 2.24) is 5.32 Å². The number of hydrogen-bond acceptors (Lipinski definition) is 1. The van der Waals surface area contributed by atoms with Gasteiger partial charge in [-0.15, -0.1) is 0 Å². The van der Waals surface area contributed by atoms with Gasteiger partial charge in [-0.3, -0.25) is 0 Å². The molecular weight excluding hydrogens is 170 g/mol. The smallest absolute Gasteiger partial charge is 0.00106 e. The van der Waals surface area contributed by atoms with Crippen molar-refractivity contribution in [2.45, 2.75) is 66.8 Å². The molecule has 0 radical (unpaired) electrons. The maximum atomic E-state index is 3.59. The third-order valence-corrected chi connectivity index (χ3v) is 3.23. The van der Waals surface area contributed by atoms with Crippen molar-refractivity contribution in [3.63, 3.8) is 0 Å². The van der Waals surface area contributed by atoms with E-state index in [1.165, 1.54) is 25.8 Å². The van der Waals surface area contributed by atoms with Gasteiger partial charge < -0.3 is 5.32 Å². The van der Waals surface area contributed by atoms with Crippen molar-refractivity contribution in [2.24, 2.45) is 11.3 Å². The lowest BCUT2D eigenvalue weighted by molar-refractivity contribution is 0.194. The van der Waals surface area contributed by atoms with Crippen LogP contribution in [0.2, 0.25) is 0 Å². The normalized spacial score (nSPS) is 12.9. The average Bonchev–Trinajstić information content (AvgIpc) is 2.11. The van der Waals surface area contributed by atoms with Crippen LogP contribution in [0.15, 0.2) is 0 Å². The monoisotopic (exact) mass is 199 g/mol. The zero-order valence-electron chi connectivity index (χ0n) is 11.0. The molecule has 0 bridgehead atoms. The van der Waals surface area contributed by atoms with Crippen LogP contribution in [0.1, 0.15) is 60.8 Å². The van der Waals surface area contributed by atoms with Crippen LogP contribution in [-0.2, 0) is 0 Å². The second-order valence-corrected chi connectivity index (χ2v) is 5.34. The first-order valence-electron chi connectivity index (χ1n) is 6.19. The second-order valence-electron chi connectivity index (χ2n) is 5.34. The Kier molecular flexibility index (Phi) is 6.43. The summed E-state index contributed by atoms with van der Waals surface area (Å²) in [5.74, 6) is 0.809. The van der Waals surface area contributed by atoms with Crippen LogP contribution >= 0.6 is 0 Å². The minimum absolute atomic E-state index is 0.526. The van der Waals surface area contributed by atoms with Gasteiger partial charge >= 0.3 is 0 Å². The lowest BCUT2D eigenvalue weighted by Crippen LogP contribution is -2.37. The number of nitrogens with one attached hydrogen (secondary N) is 1. The molecule has 1 heteroatoms. The molecule has 0 atom stereocenters. The molecule has 0 amide bonds. The van der Waals surface area contributed by atoms with Gasteiger partial charge in [0.15, 0.2) is 0 Å². The van der Waals surface area contributed by atoms with E-state index in [4.69, 9.17) is 0 Å². The molecule has 0 spiro atoms. The SMILES string of the molecule is CCC(CC)(CNC(C)C)CC(C)C. The Hall–Kier alpha value is -0.0400. The summed E-state index contributed by atoms with van der Waals surface area (Å²) in [5.41, 5.74) is 0.526. The molecule has 0 aromatic carbocycles. The summed E-state index contributed by atoms with van der Waals surface area (Å²) in [5, 5.41) is 3.59. The van der Waals surface area contributed by atoms with Crippen LogP contribution < -0.4 is 5.32 Å². The van der Waals surface area contributed by atoms with E-state index in [-0.39, 0.29) is 0 Å². The molecule has 0 aliphatic heterocycles. The first-order chi connectivity index (χ1) is 6.45. The molecule has 0 fully saturated rings. The summed E-state index contributed by atoms with van der Waals surface area (Å²) >= 11 is 0. The van der Waals surface area contributed by atoms with Gasteiger partial charge in [0, 0.05) is 12.6 Å². The Morgan fingerprint density at radius 2 is 1.50 bits per heavy atom. The van der Waals surface area contributed by atoms with Crippen molar-refractivity contribution in [3.05, 3.63) is 0 Å². The molecule has 1 nitrogen and oxygen atoms in total. The standard InChI is InChI=1S/C13H29N/c1-7-13(8-2,9-11(3)4)10-14-12(5)6/h11-12,14H,7-10H2,1-6H3. The van der Waals surface area contributed by atoms with E-state index in [9.17, 15) is 0 Å². The van der Waals surface area contributed by atoms with Gasteiger partial charge in [0.05, 0.1) is 0 Å². The van der Waals surface area contributed by atoms with E-state index in [0.717, 1.165) is 5.92 Å². The fraction of sp³-hybridized carbons (Fsp3) is 1.00. The minimum atomic E-state index is 0.526. The second kappa shape index (κ2) is 6.44. The summed E-state index contributed by atoms with van der Waals surface area (Å²) in [6.07, 6.45) is 3.93. The summed E-state index contributed by atoms with van der Waals surface area (Å²) < 4.78 is 0. The van der Waals surface area contributed by atoms with E-state index in [1.807, 2.05) is 0 Å². The van der Waals surface area contributed by atoms with Crippen molar-refractivity contribution in [2.75, 3.05) is 6.54 Å². The lowest BCUT2D eigenvalue weighted by atomic mass is 9.75. The molecule has 1 N–H and O–H groups in total. The highest BCUT2D eigenvalue weighted by molar-refractivity contribution is 4.80. The molecule has 86 valence electrons. The molecule has 0 saturated carbocycles. The Morgan fingerprint density at radius 1 is 1.00 bits per heavy atom. The number of hydrogen-bond donors (Lipinski definition) is 1. The maximum absolute atomic E-state index is 3.59. The largest absolute Gasteiger partial charge is 0.314 e. The van der Waals surface area contributed by atoms with E-state index in [2.05, 4.69) is 46.9 Å². The van der Waals surface area contributed by atoms with Crippen LogP contribution in [0, 0.1) is 11.3 Å². The molecule has 0 aromatic heterocycles. The summed E-state index contributed by atoms with van der Waals surface area (Å²) in [6.45, 7) is 14.9. The van der Waals surface area contributed by atoms with Crippen LogP contribution in [0.5, 0.6) is 0 Å². The Labute approximate surface area is 90.7 Å². The fourth-order valence-corrected chi connectivity index (χ4v) is 2.15. The van der Waals surface area contributed by atoms with E-state index >= 15 is 0 Å². The topological polar surface area (TPSA) is 12.0 Å². The quantitative estimate of drug-likeness (QED) is 0.657. The van der Waals surface area contributed by atoms with Crippen LogP contribution in [0.4, 0.5) is 0 Å². The van der Waals surface area contributed by atoms with Crippen LogP contribution in [-0.4, -0.2) is 12.6 Å². The highest BCUT2D eigenvalue weighted by atomic mass is 14.9. The zero-order chi connectivity index (χ0) is 11.2. The zero-order valence-corrected chi connectivity index (χ0v) is 11.0. The predicted octanol–water partition coefficient (Wildman–Crippen LogP) is 3.84. The van der Waals surface area contributed by atoms with Crippen LogP contribution in [0.25, 0.3) is 0 Å². The molecule has 0 heterocycles. The van der Waals surface area contributed by atoms with Gasteiger partial charge in [0.25, 0.3) is 0 Å². The van der Waals surface area contributed by atoms with Gasteiger partial charge in [-0.2, -0.15) is 0 Å². The Bertz CT molecular complexity index is 134. The van der Waals surface area contributed by atoms with Crippen molar-refractivity contribution in [1.29, 1.82) is 0 Å². The molecule has 0 saturated heterocycles. The minimum Gasteiger partial charge on any atom is -0.314 e. The average molecular weight is 199 g/mol. The van der Waals surface area contributed by atoms with Gasteiger partial charge in [0.2, 0.25) is 0 Å². The molecule has 0 aliphatic carbocycles. The van der Waals surface area contributed by atoms with Crippen molar-refractivity contribution >= 4 is 0 Å². The highest BCUT2D eigenvalue weighted by Gasteiger charge is 2.26. The van der Waals surface area contributed by atoms with Gasteiger partial charge in [-0.1, -0.05) is 41.5 Å². The Morgan fingerprint density at radius 3 is 1.79 bits per heavy atom. The predicted molar refractivity (Wildman–Crippen MR) is 65.6 cm³/mol. The third kappa shape index (κ3) is 4.99. The van der Waals surface area contributed by atoms with E-state index in [0.29, 0.717) is 11.5 Å². The fourth-order valence-electron chi connectivity index (χ4n) is 2.15. The summed E-state index contributed by atoms with van der Waals surface area (Å²) in [4.78, 5) is 0. The summed E-state index contributed by atoms with van der Waals surface area (Å²) in [6, 6.07) is 0.611. The van der Waals surface area contributed by atoms with Crippen molar-refractivity contribution < 1.29 is 0 Å². The number of rotatable bonds is 7. The maximum Gasteiger partial charge on any atom is 0.00106 e. The lowest BCUT2D eigenvalue weighted by Gasteiger charge is -2.34. The van der Waals surface area contributed by atoms with E-state index < -0.39 is 0 Å². The van der Waals surface area contributed by atoms with Crippen LogP contribution in [0.3, 0.4) is 0 Å². The first kappa shape index (κ1) is 14.0. The van der Waals surface area contributed by atoms with Gasteiger partial charge in [-0.25, -0.2) is 0 Å².